The first kappa shape index (κ1) is 23.1. The molecule has 4 aliphatic carbocycles. The molecule has 4 bridgehead atoms. The van der Waals surface area contributed by atoms with Gasteiger partial charge in [-0.3, -0.25) is 0 Å². The lowest BCUT2D eigenvalue weighted by Gasteiger charge is -2.57. The SMILES string of the molecule is COC(=O)c1ccccc1N(C)c1ccc(N(C)c2ccc(C34CC5CC(CC(C5)C3)C4)cc2)nc1. The van der Waals surface area contributed by atoms with Gasteiger partial charge in [0, 0.05) is 19.8 Å². The van der Waals surface area contributed by atoms with Crippen LogP contribution in [0.15, 0.2) is 66.9 Å². The average molecular weight is 482 g/mol. The van der Waals surface area contributed by atoms with Gasteiger partial charge in [-0.05, 0) is 104 Å². The lowest BCUT2D eigenvalue weighted by molar-refractivity contribution is -0.00518. The molecule has 5 nitrogen and oxygen atoms in total. The Morgan fingerprint density at radius 1 is 0.833 bits per heavy atom. The van der Waals surface area contributed by atoms with Crippen molar-refractivity contribution >= 4 is 28.8 Å². The maximum Gasteiger partial charge on any atom is 0.339 e. The molecule has 7 rings (SSSR count). The van der Waals surface area contributed by atoms with Crippen molar-refractivity contribution in [2.24, 2.45) is 17.8 Å². The minimum atomic E-state index is -0.348. The Morgan fingerprint density at radius 2 is 1.44 bits per heavy atom. The molecule has 186 valence electrons. The number of anilines is 4. The maximum absolute atomic E-state index is 12.2. The summed E-state index contributed by atoms with van der Waals surface area (Å²) in [6, 6.07) is 20.8. The number of hydrogen-bond acceptors (Lipinski definition) is 5. The molecule has 0 radical (unpaired) electrons. The predicted molar refractivity (Wildman–Crippen MR) is 144 cm³/mol. The molecule has 0 unspecified atom stereocenters. The van der Waals surface area contributed by atoms with Crippen LogP contribution in [-0.2, 0) is 10.2 Å². The number of para-hydroxylation sites is 1. The molecule has 0 atom stereocenters. The summed E-state index contributed by atoms with van der Waals surface area (Å²) in [5.41, 5.74) is 5.34. The summed E-state index contributed by atoms with van der Waals surface area (Å²) in [6.45, 7) is 0. The van der Waals surface area contributed by atoms with Crippen molar-refractivity contribution in [1.82, 2.24) is 4.98 Å². The highest BCUT2D eigenvalue weighted by Gasteiger charge is 2.51. The molecule has 4 fully saturated rings. The number of ether oxygens (including phenoxy) is 1. The Hall–Kier alpha value is -3.34. The Labute approximate surface area is 214 Å². The second-order valence-corrected chi connectivity index (χ2v) is 11.2. The number of carbonyl (C=O) groups is 1. The fourth-order valence-corrected chi connectivity index (χ4v) is 7.60. The van der Waals surface area contributed by atoms with Crippen molar-refractivity contribution in [3.63, 3.8) is 0 Å². The third kappa shape index (κ3) is 3.95. The van der Waals surface area contributed by atoms with Gasteiger partial charge in [0.05, 0.1) is 30.2 Å². The van der Waals surface area contributed by atoms with E-state index in [2.05, 4.69) is 36.2 Å². The molecule has 3 aromatic rings. The summed E-state index contributed by atoms with van der Waals surface area (Å²) in [5, 5.41) is 0. The molecule has 0 N–H and O–H groups in total. The molecule has 2 aromatic carbocycles. The highest BCUT2D eigenvalue weighted by molar-refractivity contribution is 5.96. The van der Waals surface area contributed by atoms with Crippen molar-refractivity contribution in [3.05, 3.63) is 78.0 Å². The molecule has 4 aliphatic rings. The number of carbonyl (C=O) groups excluding carboxylic acids is 1. The molecular formula is C31H35N3O2. The van der Waals surface area contributed by atoms with Crippen LogP contribution >= 0.6 is 0 Å². The van der Waals surface area contributed by atoms with E-state index in [1.165, 1.54) is 45.6 Å². The monoisotopic (exact) mass is 481 g/mol. The lowest BCUT2D eigenvalue weighted by atomic mass is 9.48. The van der Waals surface area contributed by atoms with Gasteiger partial charge in [-0.25, -0.2) is 9.78 Å². The van der Waals surface area contributed by atoms with E-state index >= 15 is 0 Å². The first-order valence-corrected chi connectivity index (χ1v) is 13.2. The van der Waals surface area contributed by atoms with Crippen molar-refractivity contribution in [2.45, 2.75) is 43.9 Å². The standard InChI is InChI=1S/C31H35N3O2/c1-33(28-7-5-4-6-27(28)30(35)36-3)26-12-13-29(32-20-26)34(2)25-10-8-24(9-11-25)31-17-21-14-22(18-31)16-23(15-21)19-31/h4-13,20-23H,14-19H2,1-3H3. The second kappa shape index (κ2) is 8.95. The van der Waals surface area contributed by atoms with E-state index in [9.17, 15) is 4.79 Å². The highest BCUT2D eigenvalue weighted by Crippen LogP contribution is 2.60. The molecule has 0 spiro atoms. The van der Waals surface area contributed by atoms with Gasteiger partial charge in [0.15, 0.2) is 0 Å². The van der Waals surface area contributed by atoms with Crippen molar-refractivity contribution in [1.29, 1.82) is 0 Å². The summed E-state index contributed by atoms with van der Waals surface area (Å²) >= 11 is 0. The van der Waals surface area contributed by atoms with E-state index in [1.807, 2.05) is 48.5 Å². The third-order valence-electron chi connectivity index (χ3n) is 9.04. The number of nitrogens with zero attached hydrogens (tertiary/aromatic N) is 3. The number of hydrogen-bond donors (Lipinski definition) is 0. The van der Waals surface area contributed by atoms with Crippen LogP contribution in [-0.4, -0.2) is 32.2 Å². The summed E-state index contributed by atoms with van der Waals surface area (Å²) in [7, 11) is 5.41. The van der Waals surface area contributed by atoms with Gasteiger partial charge >= 0.3 is 5.97 Å². The van der Waals surface area contributed by atoms with E-state index in [1.54, 1.807) is 11.6 Å². The lowest BCUT2D eigenvalue weighted by Crippen LogP contribution is -2.48. The number of pyridine rings is 1. The Morgan fingerprint density at radius 3 is 2.03 bits per heavy atom. The Bertz CT molecular complexity index is 1220. The topological polar surface area (TPSA) is 45.7 Å². The number of esters is 1. The first-order chi connectivity index (χ1) is 17.5. The molecule has 36 heavy (non-hydrogen) atoms. The molecule has 0 saturated heterocycles. The zero-order chi connectivity index (χ0) is 24.9. The molecular weight excluding hydrogens is 446 g/mol. The average Bonchev–Trinajstić information content (AvgIpc) is 2.91. The highest BCUT2D eigenvalue weighted by atomic mass is 16.5. The minimum Gasteiger partial charge on any atom is -0.465 e. The van der Waals surface area contributed by atoms with Crippen LogP contribution in [0.2, 0.25) is 0 Å². The second-order valence-electron chi connectivity index (χ2n) is 11.2. The molecule has 0 aliphatic heterocycles. The zero-order valence-corrected chi connectivity index (χ0v) is 21.5. The van der Waals surface area contributed by atoms with Gasteiger partial charge in [-0.1, -0.05) is 24.3 Å². The maximum atomic E-state index is 12.2. The minimum absolute atomic E-state index is 0.348. The quantitative estimate of drug-likeness (QED) is 0.360. The van der Waals surface area contributed by atoms with Crippen LogP contribution < -0.4 is 9.80 Å². The molecule has 0 amide bonds. The molecule has 1 aromatic heterocycles. The molecule has 1 heterocycles. The van der Waals surface area contributed by atoms with Crippen molar-refractivity contribution in [2.75, 3.05) is 31.0 Å². The van der Waals surface area contributed by atoms with Gasteiger partial charge in [-0.2, -0.15) is 0 Å². The number of benzene rings is 2. The van der Waals surface area contributed by atoms with Gasteiger partial charge in [0.25, 0.3) is 0 Å². The van der Waals surface area contributed by atoms with Gasteiger partial charge in [0.1, 0.15) is 5.82 Å². The summed E-state index contributed by atoms with van der Waals surface area (Å²) < 4.78 is 4.95. The Kier molecular flexibility index (Phi) is 5.74. The fourth-order valence-electron chi connectivity index (χ4n) is 7.60. The third-order valence-corrected chi connectivity index (χ3v) is 9.04. The van der Waals surface area contributed by atoms with Gasteiger partial charge < -0.3 is 14.5 Å². The van der Waals surface area contributed by atoms with Crippen LogP contribution in [0.3, 0.4) is 0 Å². The van der Waals surface area contributed by atoms with Gasteiger partial charge in [-0.15, -0.1) is 0 Å². The van der Waals surface area contributed by atoms with E-state index in [0.29, 0.717) is 11.0 Å². The van der Waals surface area contributed by atoms with Crippen molar-refractivity contribution < 1.29 is 9.53 Å². The normalized spacial score (nSPS) is 26.0. The Balaban J connectivity index is 1.19. The van der Waals surface area contributed by atoms with E-state index < -0.39 is 0 Å². The number of aromatic nitrogens is 1. The summed E-state index contributed by atoms with van der Waals surface area (Å²) in [6.07, 6.45) is 10.5. The molecule has 5 heteroatoms. The zero-order valence-electron chi connectivity index (χ0n) is 21.5. The first-order valence-electron chi connectivity index (χ1n) is 13.2. The summed E-state index contributed by atoms with van der Waals surface area (Å²) in [4.78, 5) is 21.0. The summed E-state index contributed by atoms with van der Waals surface area (Å²) in [5.74, 6) is 3.41. The largest absolute Gasteiger partial charge is 0.465 e. The van der Waals surface area contributed by atoms with Crippen LogP contribution in [0, 0.1) is 17.8 Å². The van der Waals surface area contributed by atoms with E-state index in [0.717, 1.165) is 40.6 Å². The van der Waals surface area contributed by atoms with E-state index in [-0.39, 0.29) is 5.97 Å². The number of methoxy groups -OCH3 is 1. The van der Waals surface area contributed by atoms with Crippen LogP contribution in [0.5, 0.6) is 0 Å². The van der Waals surface area contributed by atoms with Gasteiger partial charge in [0.2, 0.25) is 0 Å². The van der Waals surface area contributed by atoms with Crippen LogP contribution in [0.4, 0.5) is 22.9 Å². The van der Waals surface area contributed by atoms with Crippen LogP contribution in [0.25, 0.3) is 0 Å². The predicted octanol–water partition coefficient (Wildman–Crippen LogP) is 6.87. The van der Waals surface area contributed by atoms with Crippen LogP contribution in [0.1, 0.15) is 54.4 Å². The van der Waals surface area contributed by atoms with Crippen molar-refractivity contribution in [3.8, 4) is 0 Å². The molecule has 4 saturated carbocycles. The van der Waals surface area contributed by atoms with E-state index in [4.69, 9.17) is 9.72 Å². The number of rotatable bonds is 6. The smallest absolute Gasteiger partial charge is 0.339 e. The fraction of sp³-hybridized carbons (Fsp3) is 0.419.